The van der Waals surface area contributed by atoms with Crippen LogP contribution in [0.1, 0.15) is 11.4 Å². The maximum atomic E-state index is 13.2. The van der Waals surface area contributed by atoms with Gasteiger partial charge in [0, 0.05) is 13.1 Å². The van der Waals surface area contributed by atoms with Gasteiger partial charge in [-0.05, 0) is 29.8 Å². The molecule has 116 valence electrons. The van der Waals surface area contributed by atoms with E-state index in [0.717, 1.165) is 5.56 Å². The van der Waals surface area contributed by atoms with Gasteiger partial charge in [0.1, 0.15) is 11.6 Å². The number of carbonyl (C=O) groups excluding carboxylic acids is 1. The molecule has 2 aromatic carbocycles. The highest BCUT2D eigenvalue weighted by Crippen LogP contribution is 2.14. The lowest BCUT2D eigenvalue weighted by atomic mass is 10.2. The molecular weight excluding hydrogens is 293 g/mol. The Balaban J connectivity index is 1.68. The second-order valence-corrected chi connectivity index (χ2v) is 5.28. The van der Waals surface area contributed by atoms with E-state index in [9.17, 15) is 9.18 Å². The summed E-state index contributed by atoms with van der Waals surface area (Å²) in [5.74, 6) is 0.179. The molecule has 1 aromatic heterocycles. The number of nitrogens with zero attached hydrogens (tertiary/aromatic N) is 2. The van der Waals surface area contributed by atoms with Crippen LogP contribution in [0.3, 0.4) is 0 Å². The highest BCUT2D eigenvalue weighted by atomic mass is 19.1. The first-order valence-electron chi connectivity index (χ1n) is 7.24. The van der Waals surface area contributed by atoms with Gasteiger partial charge in [-0.15, -0.1) is 0 Å². The van der Waals surface area contributed by atoms with Crippen molar-refractivity contribution >= 4 is 23.0 Å². The summed E-state index contributed by atoms with van der Waals surface area (Å²) in [6.07, 6.45) is 3.30. The monoisotopic (exact) mass is 309 g/mol. The highest BCUT2D eigenvalue weighted by Gasteiger charge is 2.09. The number of fused-ring (bicyclic) bond motifs is 1. The fourth-order valence-electron chi connectivity index (χ4n) is 2.27. The number of carbonyl (C=O) groups is 1. The third-order valence-corrected chi connectivity index (χ3v) is 3.47. The molecule has 1 heterocycles. The molecule has 0 saturated heterocycles. The first-order valence-corrected chi connectivity index (χ1v) is 7.24. The number of H-pyrrole nitrogens is 1. The quantitative estimate of drug-likeness (QED) is 0.751. The molecule has 4 nitrogen and oxygen atoms in total. The molecule has 0 unspecified atom stereocenters. The first-order chi connectivity index (χ1) is 11.1. The normalized spacial score (nSPS) is 11.2. The van der Waals surface area contributed by atoms with E-state index in [0.29, 0.717) is 23.4 Å². The van der Waals surface area contributed by atoms with E-state index in [1.165, 1.54) is 18.2 Å². The van der Waals surface area contributed by atoms with Crippen LogP contribution >= 0.6 is 0 Å². The third-order valence-electron chi connectivity index (χ3n) is 3.47. The number of amides is 1. The van der Waals surface area contributed by atoms with Crippen molar-refractivity contribution in [1.29, 1.82) is 0 Å². The molecule has 0 aliphatic rings. The Labute approximate surface area is 133 Å². The van der Waals surface area contributed by atoms with Crippen LogP contribution in [-0.4, -0.2) is 27.8 Å². The predicted molar refractivity (Wildman–Crippen MR) is 88.0 cm³/mol. The fourth-order valence-corrected chi connectivity index (χ4v) is 2.27. The average molecular weight is 309 g/mol. The number of benzene rings is 2. The van der Waals surface area contributed by atoms with Crippen molar-refractivity contribution in [2.24, 2.45) is 0 Å². The average Bonchev–Trinajstić information content (AvgIpc) is 2.94. The van der Waals surface area contributed by atoms with Crippen LogP contribution in [0.15, 0.2) is 54.6 Å². The molecule has 1 N–H and O–H groups in total. The van der Waals surface area contributed by atoms with E-state index in [2.05, 4.69) is 9.97 Å². The molecule has 0 spiro atoms. The number of aromatic amines is 1. The Morgan fingerprint density at radius 3 is 2.83 bits per heavy atom. The van der Waals surface area contributed by atoms with E-state index in [-0.39, 0.29) is 11.7 Å². The number of aromatic nitrogens is 2. The number of rotatable bonds is 4. The van der Waals surface area contributed by atoms with Crippen molar-refractivity contribution in [2.45, 2.75) is 6.54 Å². The van der Waals surface area contributed by atoms with Gasteiger partial charge in [-0.1, -0.05) is 30.3 Å². The molecule has 5 heteroatoms. The largest absolute Gasteiger partial charge is 0.340 e. The van der Waals surface area contributed by atoms with E-state index in [1.54, 1.807) is 24.1 Å². The Kier molecular flexibility index (Phi) is 4.19. The predicted octanol–water partition coefficient (Wildman–Crippen LogP) is 3.37. The topological polar surface area (TPSA) is 49.0 Å². The summed E-state index contributed by atoms with van der Waals surface area (Å²) in [7, 11) is 1.70. The van der Waals surface area contributed by atoms with Gasteiger partial charge in [0.25, 0.3) is 0 Å². The van der Waals surface area contributed by atoms with Gasteiger partial charge in [0.15, 0.2) is 0 Å². The van der Waals surface area contributed by atoms with Gasteiger partial charge >= 0.3 is 0 Å². The van der Waals surface area contributed by atoms with Crippen LogP contribution in [-0.2, 0) is 11.3 Å². The fraction of sp³-hybridized carbons (Fsp3) is 0.111. The summed E-state index contributed by atoms with van der Waals surface area (Å²) in [5, 5.41) is 0. The number of hydrogen-bond donors (Lipinski definition) is 1. The lowest BCUT2D eigenvalue weighted by molar-refractivity contribution is -0.125. The van der Waals surface area contributed by atoms with E-state index < -0.39 is 0 Å². The van der Waals surface area contributed by atoms with Crippen LogP contribution in [0.4, 0.5) is 4.39 Å². The smallest absolute Gasteiger partial charge is 0.246 e. The number of hydrogen-bond acceptors (Lipinski definition) is 2. The van der Waals surface area contributed by atoms with Crippen molar-refractivity contribution in [3.63, 3.8) is 0 Å². The number of nitrogens with one attached hydrogen (secondary N) is 1. The van der Waals surface area contributed by atoms with Crippen molar-refractivity contribution in [2.75, 3.05) is 7.05 Å². The summed E-state index contributed by atoms with van der Waals surface area (Å²) >= 11 is 0. The molecule has 0 fully saturated rings. The van der Waals surface area contributed by atoms with Crippen LogP contribution in [0.5, 0.6) is 0 Å². The van der Waals surface area contributed by atoms with Crippen LogP contribution in [0, 0.1) is 5.82 Å². The van der Waals surface area contributed by atoms with Crippen LogP contribution in [0.25, 0.3) is 17.1 Å². The second kappa shape index (κ2) is 6.44. The van der Waals surface area contributed by atoms with Crippen LogP contribution in [0.2, 0.25) is 0 Å². The Hall–Kier alpha value is -2.95. The summed E-state index contributed by atoms with van der Waals surface area (Å²) < 4.78 is 13.2. The van der Waals surface area contributed by atoms with Crippen molar-refractivity contribution in [3.05, 3.63) is 71.8 Å². The molecule has 0 aliphatic carbocycles. The van der Waals surface area contributed by atoms with E-state index >= 15 is 0 Å². The van der Waals surface area contributed by atoms with Crippen molar-refractivity contribution < 1.29 is 9.18 Å². The first kappa shape index (κ1) is 15.0. The Morgan fingerprint density at radius 1 is 1.26 bits per heavy atom. The molecule has 3 aromatic rings. The van der Waals surface area contributed by atoms with Crippen molar-refractivity contribution in [3.8, 4) is 0 Å². The van der Waals surface area contributed by atoms with Crippen molar-refractivity contribution in [1.82, 2.24) is 14.9 Å². The van der Waals surface area contributed by atoms with E-state index in [1.807, 2.05) is 30.3 Å². The zero-order valence-corrected chi connectivity index (χ0v) is 12.7. The van der Waals surface area contributed by atoms with Gasteiger partial charge in [0.2, 0.25) is 5.91 Å². The molecule has 0 saturated carbocycles. The number of imidazole rings is 1. The molecule has 0 atom stereocenters. The number of likely N-dealkylation sites (N-methyl/N-ethyl adjacent to an activating group) is 1. The van der Waals surface area contributed by atoms with Gasteiger partial charge in [-0.3, -0.25) is 4.79 Å². The second-order valence-electron chi connectivity index (χ2n) is 5.28. The maximum absolute atomic E-state index is 13.2. The summed E-state index contributed by atoms with van der Waals surface area (Å²) in [6.45, 7) is 0.328. The van der Waals surface area contributed by atoms with Crippen LogP contribution < -0.4 is 0 Å². The standard InChI is InChI=1S/C18H16FN3O/c1-22(18(23)10-7-13-5-3-2-4-6-13)12-17-20-15-9-8-14(19)11-16(15)21-17/h2-11H,12H2,1H3,(H,20,21)/b10-7+. The Bertz CT molecular complexity index is 855. The zero-order chi connectivity index (χ0) is 16.2. The summed E-state index contributed by atoms with van der Waals surface area (Å²) in [5.41, 5.74) is 2.27. The Morgan fingerprint density at radius 2 is 2.04 bits per heavy atom. The zero-order valence-electron chi connectivity index (χ0n) is 12.7. The third kappa shape index (κ3) is 3.63. The highest BCUT2D eigenvalue weighted by molar-refractivity contribution is 5.91. The lowest BCUT2D eigenvalue weighted by Gasteiger charge is -2.12. The SMILES string of the molecule is CN(Cc1nc2ccc(F)cc2[nH]1)C(=O)/C=C/c1ccccc1. The van der Waals surface area contributed by atoms with Gasteiger partial charge < -0.3 is 9.88 Å². The molecule has 0 radical (unpaired) electrons. The minimum absolute atomic E-state index is 0.125. The minimum atomic E-state index is -0.317. The molecule has 23 heavy (non-hydrogen) atoms. The van der Waals surface area contributed by atoms with E-state index in [4.69, 9.17) is 0 Å². The molecule has 0 bridgehead atoms. The molecule has 0 aliphatic heterocycles. The molecule has 3 rings (SSSR count). The summed E-state index contributed by atoms with van der Waals surface area (Å²) in [4.78, 5) is 21.1. The minimum Gasteiger partial charge on any atom is -0.340 e. The van der Waals surface area contributed by atoms with Gasteiger partial charge in [0.05, 0.1) is 17.6 Å². The summed E-state index contributed by atoms with van der Waals surface area (Å²) in [6, 6.07) is 14.0. The maximum Gasteiger partial charge on any atom is 0.246 e. The lowest BCUT2D eigenvalue weighted by Crippen LogP contribution is -2.24. The van der Waals surface area contributed by atoms with Gasteiger partial charge in [-0.2, -0.15) is 0 Å². The molecular formula is C18H16FN3O. The number of halogens is 1. The molecule has 1 amide bonds. The van der Waals surface area contributed by atoms with Gasteiger partial charge in [-0.25, -0.2) is 9.37 Å².